The van der Waals surface area contributed by atoms with E-state index >= 15 is 0 Å². The highest BCUT2D eigenvalue weighted by molar-refractivity contribution is 7.89. The summed E-state index contributed by atoms with van der Waals surface area (Å²) in [4.78, 5) is 12.1. The van der Waals surface area contributed by atoms with Gasteiger partial charge in [-0.25, -0.2) is 21.9 Å². The molecule has 0 saturated carbocycles. The Kier molecular flexibility index (Phi) is 6.85. The van der Waals surface area contributed by atoms with E-state index in [9.17, 15) is 22.0 Å². The molecule has 178 valence electrons. The monoisotopic (exact) mass is 487 g/mol. The lowest BCUT2D eigenvalue weighted by Crippen LogP contribution is -2.25. The summed E-state index contributed by atoms with van der Waals surface area (Å²) in [6.07, 6.45) is 5.22. The van der Waals surface area contributed by atoms with Gasteiger partial charge in [0.05, 0.1) is 5.69 Å². The Hall–Kier alpha value is -3.44. The molecule has 4 rings (SSSR count). The van der Waals surface area contributed by atoms with Gasteiger partial charge >= 0.3 is 0 Å². The zero-order valence-corrected chi connectivity index (χ0v) is 19.0. The zero-order chi connectivity index (χ0) is 24.3. The second kappa shape index (κ2) is 9.82. The molecule has 1 aliphatic rings. The van der Waals surface area contributed by atoms with E-state index in [1.165, 1.54) is 18.2 Å². The van der Waals surface area contributed by atoms with E-state index in [1.54, 1.807) is 6.07 Å². The Morgan fingerprint density at radius 2 is 1.88 bits per heavy atom. The van der Waals surface area contributed by atoms with Crippen LogP contribution in [0.5, 0.6) is 0 Å². The molecule has 34 heavy (non-hydrogen) atoms. The first-order valence-corrected chi connectivity index (χ1v) is 12.2. The number of nitrogens with one attached hydrogen (secondary N) is 2. The second-order valence-electron chi connectivity index (χ2n) is 7.84. The largest absolute Gasteiger partial charge is 0.319 e. The van der Waals surface area contributed by atoms with Crippen LogP contribution in [0.1, 0.15) is 35.4 Å². The lowest BCUT2D eigenvalue weighted by Gasteiger charge is -2.12. The van der Waals surface area contributed by atoms with Crippen molar-refractivity contribution >= 4 is 21.6 Å². The molecule has 0 bridgehead atoms. The van der Waals surface area contributed by atoms with Gasteiger partial charge < -0.3 is 9.88 Å². The minimum atomic E-state index is -4.21. The lowest BCUT2D eigenvalue weighted by molar-refractivity contribution is 0.102. The summed E-state index contributed by atoms with van der Waals surface area (Å²) in [5, 5.41) is 10.9. The molecule has 0 unspecified atom stereocenters. The third-order valence-electron chi connectivity index (χ3n) is 5.48. The predicted octanol–water partition coefficient (Wildman–Crippen LogP) is 3.67. The Morgan fingerprint density at radius 1 is 1.09 bits per heavy atom. The van der Waals surface area contributed by atoms with Crippen LogP contribution in [0.25, 0.3) is 11.4 Å². The summed E-state index contributed by atoms with van der Waals surface area (Å²) in [6.45, 7) is 4.05. The number of rotatable bonds is 7. The number of fused-ring (bicyclic) bond motifs is 1. The van der Waals surface area contributed by atoms with Crippen molar-refractivity contribution in [1.29, 1.82) is 0 Å². The van der Waals surface area contributed by atoms with Crippen LogP contribution in [-0.2, 0) is 23.0 Å². The number of hydrogen-bond acceptors (Lipinski definition) is 5. The average Bonchev–Trinajstić information content (AvgIpc) is 3.07. The Morgan fingerprint density at radius 3 is 2.68 bits per heavy atom. The van der Waals surface area contributed by atoms with Crippen molar-refractivity contribution < 1.29 is 22.0 Å². The molecule has 0 atom stereocenters. The van der Waals surface area contributed by atoms with Gasteiger partial charge in [0.15, 0.2) is 5.82 Å². The minimum absolute atomic E-state index is 0.109. The summed E-state index contributed by atoms with van der Waals surface area (Å²) in [6, 6.07) is 7.11. The number of hydrogen-bond donors (Lipinski definition) is 2. The van der Waals surface area contributed by atoms with Crippen LogP contribution < -0.4 is 10.0 Å². The molecule has 0 spiro atoms. The fraction of sp³-hybridized carbons (Fsp3) is 0.261. The molecule has 2 N–H and O–H groups in total. The molecule has 8 nitrogen and oxygen atoms in total. The number of aryl methyl sites for hydroxylation is 1. The normalized spacial score (nSPS) is 13.7. The number of amides is 1. The van der Waals surface area contributed by atoms with Crippen molar-refractivity contribution in [2.75, 3.05) is 11.9 Å². The highest BCUT2D eigenvalue weighted by Crippen LogP contribution is 2.27. The van der Waals surface area contributed by atoms with Gasteiger partial charge in [-0.3, -0.25) is 4.79 Å². The van der Waals surface area contributed by atoms with Crippen LogP contribution in [0.4, 0.5) is 14.5 Å². The molecule has 2 aromatic carbocycles. The van der Waals surface area contributed by atoms with Crippen LogP contribution in [0.2, 0.25) is 0 Å². The van der Waals surface area contributed by atoms with Gasteiger partial charge in [0.25, 0.3) is 5.91 Å². The Balaban J connectivity index is 1.62. The van der Waals surface area contributed by atoms with Crippen molar-refractivity contribution in [3.8, 4) is 11.4 Å². The molecule has 0 aliphatic carbocycles. The summed E-state index contributed by atoms with van der Waals surface area (Å²) in [5.41, 5.74) is 0.307. The zero-order valence-electron chi connectivity index (χ0n) is 18.2. The van der Waals surface area contributed by atoms with Gasteiger partial charge in [-0.1, -0.05) is 12.5 Å². The Labute approximate surface area is 195 Å². The maximum absolute atomic E-state index is 14.5. The van der Waals surface area contributed by atoms with Crippen molar-refractivity contribution in [2.24, 2.45) is 0 Å². The average molecular weight is 488 g/mol. The molecule has 3 aromatic rings. The van der Waals surface area contributed by atoms with Crippen molar-refractivity contribution in [3.05, 3.63) is 72.1 Å². The van der Waals surface area contributed by atoms with Gasteiger partial charge in [0.2, 0.25) is 10.0 Å². The van der Waals surface area contributed by atoms with E-state index in [0.717, 1.165) is 56.3 Å². The fourth-order valence-corrected chi connectivity index (χ4v) is 4.85. The summed E-state index contributed by atoms with van der Waals surface area (Å²) < 4.78 is 57.5. The molecular formula is C23H23F2N5O3S. The first-order valence-electron chi connectivity index (χ1n) is 10.7. The van der Waals surface area contributed by atoms with Crippen molar-refractivity contribution in [3.63, 3.8) is 0 Å². The quantitative estimate of drug-likeness (QED) is 0.495. The van der Waals surface area contributed by atoms with E-state index in [1.807, 2.05) is 4.57 Å². The maximum Gasteiger partial charge on any atom is 0.255 e. The molecule has 1 aromatic heterocycles. The number of halogens is 2. The Bertz CT molecular complexity index is 1350. The number of carbonyl (C=O) groups is 1. The number of carbonyl (C=O) groups excluding carboxylic acids is 1. The van der Waals surface area contributed by atoms with Crippen LogP contribution in [0, 0.1) is 11.6 Å². The van der Waals surface area contributed by atoms with Crippen molar-refractivity contribution in [1.82, 2.24) is 19.5 Å². The van der Waals surface area contributed by atoms with Gasteiger partial charge in [0, 0.05) is 30.6 Å². The number of aromatic nitrogens is 3. The second-order valence-corrected chi connectivity index (χ2v) is 9.57. The lowest BCUT2D eigenvalue weighted by atomic mass is 10.1. The highest BCUT2D eigenvalue weighted by atomic mass is 32.2. The van der Waals surface area contributed by atoms with Crippen molar-refractivity contribution in [2.45, 2.75) is 37.1 Å². The minimum Gasteiger partial charge on any atom is -0.319 e. The smallest absolute Gasteiger partial charge is 0.255 e. The van der Waals surface area contributed by atoms with E-state index in [4.69, 9.17) is 0 Å². The SMILES string of the molecule is C=CCNS(=O)(=O)c1cc(C(=O)Nc2cc(-c3nnc4n3CCCCC4)ccc2F)ccc1F. The van der Waals surface area contributed by atoms with E-state index in [-0.39, 0.29) is 17.8 Å². The van der Waals surface area contributed by atoms with Crippen LogP contribution in [0.15, 0.2) is 53.9 Å². The summed E-state index contributed by atoms with van der Waals surface area (Å²) >= 11 is 0. The highest BCUT2D eigenvalue weighted by Gasteiger charge is 2.22. The number of sulfonamides is 1. The maximum atomic E-state index is 14.5. The molecule has 1 aliphatic heterocycles. The third kappa shape index (κ3) is 4.90. The topological polar surface area (TPSA) is 106 Å². The standard InChI is InChI=1S/C23H23F2N5O3S/c1-2-11-26-34(32,33)20-14-16(8-10-18(20)25)23(31)27-19-13-15(7-9-17(19)24)22-29-28-21-6-4-3-5-12-30(21)22/h2,7-10,13-14,26H,1,3-6,11-12H2,(H,27,31). The molecule has 2 heterocycles. The van der Waals surface area contributed by atoms with Gasteiger partial charge in [-0.05, 0) is 49.2 Å². The van der Waals surface area contributed by atoms with Crippen LogP contribution >= 0.6 is 0 Å². The number of nitrogens with zero attached hydrogens (tertiary/aromatic N) is 3. The first kappa shape index (κ1) is 23.7. The number of benzene rings is 2. The molecule has 0 saturated heterocycles. The van der Waals surface area contributed by atoms with E-state index < -0.39 is 32.5 Å². The molecule has 1 amide bonds. The van der Waals surface area contributed by atoms with E-state index in [2.05, 4.69) is 26.8 Å². The molecule has 11 heteroatoms. The predicted molar refractivity (Wildman–Crippen MR) is 123 cm³/mol. The third-order valence-corrected chi connectivity index (χ3v) is 6.92. The van der Waals surface area contributed by atoms with E-state index in [0.29, 0.717) is 11.4 Å². The number of anilines is 1. The fourth-order valence-electron chi connectivity index (χ4n) is 3.75. The summed E-state index contributed by atoms with van der Waals surface area (Å²) in [7, 11) is -4.21. The molecular weight excluding hydrogens is 464 g/mol. The van der Waals surface area contributed by atoms with Crippen LogP contribution in [0.3, 0.4) is 0 Å². The van der Waals surface area contributed by atoms with Gasteiger partial charge in [-0.2, -0.15) is 0 Å². The molecule has 0 fully saturated rings. The first-order chi connectivity index (χ1) is 16.3. The van der Waals surface area contributed by atoms with Crippen LogP contribution in [-0.4, -0.2) is 35.6 Å². The molecule has 0 radical (unpaired) electrons. The van der Waals surface area contributed by atoms with Gasteiger partial charge in [-0.15, -0.1) is 16.8 Å². The summed E-state index contributed by atoms with van der Waals surface area (Å²) in [5.74, 6) is -1.05. The van der Waals surface area contributed by atoms with Gasteiger partial charge in [0.1, 0.15) is 22.4 Å².